The molecular weight excluding hydrogens is 250 g/mol. The summed E-state index contributed by atoms with van der Waals surface area (Å²) < 4.78 is 1.57. The monoisotopic (exact) mass is 257 g/mol. The molecule has 88 valence electrons. The van der Waals surface area contributed by atoms with Gasteiger partial charge in [-0.1, -0.05) is 12.1 Å². The summed E-state index contributed by atoms with van der Waals surface area (Å²) in [6.07, 6.45) is 2.27. The zero-order chi connectivity index (χ0) is 12.4. The number of nitrogens with zero attached hydrogens (tertiary/aromatic N) is 5. The smallest absolute Gasteiger partial charge is 0.178 e. The fourth-order valence-electron chi connectivity index (χ4n) is 1.56. The first kappa shape index (κ1) is 10.7. The van der Waals surface area contributed by atoms with E-state index >= 15 is 0 Å². The summed E-state index contributed by atoms with van der Waals surface area (Å²) in [5, 5.41) is 13.3. The highest BCUT2D eigenvalue weighted by Crippen LogP contribution is 2.23. The van der Waals surface area contributed by atoms with Crippen molar-refractivity contribution in [2.45, 2.75) is 0 Å². The largest absolute Gasteiger partial charge is 0.295 e. The van der Waals surface area contributed by atoms with E-state index in [4.69, 9.17) is 0 Å². The number of rotatable bonds is 3. The van der Waals surface area contributed by atoms with E-state index in [0.29, 0.717) is 5.01 Å². The molecule has 0 N–H and O–H groups in total. The molecule has 0 unspecified atom stereocenters. The summed E-state index contributed by atoms with van der Waals surface area (Å²) in [5.74, 6) is 0. The van der Waals surface area contributed by atoms with Crippen LogP contribution in [0.1, 0.15) is 9.80 Å². The van der Waals surface area contributed by atoms with Crippen LogP contribution in [0.4, 0.5) is 0 Å². The van der Waals surface area contributed by atoms with Crippen molar-refractivity contribution in [2.75, 3.05) is 0 Å². The zero-order valence-electron chi connectivity index (χ0n) is 9.09. The van der Waals surface area contributed by atoms with Gasteiger partial charge in [0.15, 0.2) is 11.3 Å². The Morgan fingerprint density at radius 1 is 1.33 bits per heavy atom. The molecular formula is C11H7N5OS. The highest BCUT2D eigenvalue weighted by atomic mass is 32.1. The van der Waals surface area contributed by atoms with E-state index < -0.39 is 0 Å². The Hall–Kier alpha value is -2.41. The normalized spacial score (nSPS) is 10.4. The number of hydrogen-bond donors (Lipinski definition) is 0. The van der Waals surface area contributed by atoms with Crippen molar-refractivity contribution in [3.63, 3.8) is 0 Å². The quantitative estimate of drug-likeness (QED) is 0.666. The molecule has 0 aliphatic carbocycles. The molecule has 0 fully saturated rings. The van der Waals surface area contributed by atoms with Crippen LogP contribution in [0.3, 0.4) is 0 Å². The van der Waals surface area contributed by atoms with Gasteiger partial charge in [-0.15, -0.1) is 16.4 Å². The Balaban J connectivity index is 2.03. The van der Waals surface area contributed by atoms with Crippen molar-refractivity contribution in [1.29, 1.82) is 0 Å². The van der Waals surface area contributed by atoms with Crippen molar-refractivity contribution >= 4 is 17.6 Å². The van der Waals surface area contributed by atoms with E-state index in [2.05, 4.69) is 20.5 Å². The number of aldehydes is 1. The minimum Gasteiger partial charge on any atom is -0.295 e. The van der Waals surface area contributed by atoms with Crippen LogP contribution in [-0.4, -0.2) is 31.5 Å². The molecule has 0 amide bonds. The Morgan fingerprint density at radius 2 is 2.28 bits per heavy atom. The minimum atomic E-state index is 0.470. The maximum absolute atomic E-state index is 10.6. The third-order valence-electron chi connectivity index (χ3n) is 2.38. The third kappa shape index (κ3) is 1.91. The first-order valence-corrected chi connectivity index (χ1v) is 5.99. The molecule has 2 aromatic heterocycles. The van der Waals surface area contributed by atoms with Crippen LogP contribution in [0.2, 0.25) is 0 Å². The van der Waals surface area contributed by atoms with Crippen molar-refractivity contribution in [3.05, 3.63) is 41.0 Å². The van der Waals surface area contributed by atoms with E-state index in [1.54, 1.807) is 4.68 Å². The summed E-state index contributed by atoms with van der Waals surface area (Å²) >= 11 is 1.32. The summed E-state index contributed by atoms with van der Waals surface area (Å²) in [6.45, 7) is 0. The molecule has 7 heteroatoms. The maximum Gasteiger partial charge on any atom is 0.178 e. The minimum absolute atomic E-state index is 0.470. The van der Waals surface area contributed by atoms with Crippen LogP contribution in [-0.2, 0) is 0 Å². The zero-order valence-corrected chi connectivity index (χ0v) is 9.91. The van der Waals surface area contributed by atoms with E-state index in [0.717, 1.165) is 23.2 Å². The average molecular weight is 257 g/mol. The van der Waals surface area contributed by atoms with Gasteiger partial charge in [0.25, 0.3) is 0 Å². The van der Waals surface area contributed by atoms with Crippen LogP contribution >= 0.6 is 11.3 Å². The lowest BCUT2D eigenvalue weighted by molar-refractivity contribution is 0.112. The van der Waals surface area contributed by atoms with Crippen LogP contribution in [0.25, 0.3) is 16.9 Å². The van der Waals surface area contributed by atoms with Gasteiger partial charge in [-0.25, -0.2) is 9.67 Å². The molecule has 3 rings (SSSR count). The number of carbonyl (C=O) groups excluding carboxylic acids is 1. The molecule has 0 radical (unpaired) electrons. The second-order valence-electron chi connectivity index (χ2n) is 3.49. The molecule has 0 saturated heterocycles. The van der Waals surface area contributed by atoms with Gasteiger partial charge in [0.2, 0.25) is 0 Å². The van der Waals surface area contributed by atoms with E-state index in [-0.39, 0.29) is 0 Å². The summed E-state index contributed by atoms with van der Waals surface area (Å²) in [4.78, 5) is 14.8. The van der Waals surface area contributed by atoms with Gasteiger partial charge in [-0.3, -0.25) is 4.79 Å². The Kier molecular flexibility index (Phi) is 2.66. The molecule has 6 nitrogen and oxygen atoms in total. The van der Waals surface area contributed by atoms with E-state index in [9.17, 15) is 4.79 Å². The summed E-state index contributed by atoms with van der Waals surface area (Å²) in [6, 6.07) is 7.64. The lowest BCUT2D eigenvalue weighted by Gasteiger charge is -2.01. The van der Waals surface area contributed by atoms with E-state index in [1.165, 1.54) is 17.7 Å². The standard InChI is InChI=1S/C11H7N5OS/c17-5-11-13-10(6-18-11)8-2-1-3-9(4-8)16-7-12-14-15-16/h1-7H. The van der Waals surface area contributed by atoms with E-state index in [1.807, 2.05) is 29.6 Å². The van der Waals surface area contributed by atoms with Crippen molar-refractivity contribution in [2.24, 2.45) is 0 Å². The van der Waals surface area contributed by atoms with Gasteiger partial charge in [0.1, 0.15) is 6.33 Å². The van der Waals surface area contributed by atoms with Crippen LogP contribution in [0, 0.1) is 0 Å². The van der Waals surface area contributed by atoms with Crippen LogP contribution in [0.15, 0.2) is 36.0 Å². The van der Waals surface area contributed by atoms with Gasteiger partial charge < -0.3 is 0 Å². The molecule has 0 spiro atoms. The molecule has 2 heterocycles. The van der Waals surface area contributed by atoms with Gasteiger partial charge in [0.05, 0.1) is 11.4 Å². The molecule has 0 aliphatic heterocycles. The fraction of sp³-hybridized carbons (Fsp3) is 0. The van der Waals surface area contributed by atoms with Crippen LogP contribution in [0.5, 0.6) is 0 Å². The molecule has 0 atom stereocenters. The number of tetrazole rings is 1. The Labute approximate surface area is 106 Å². The fourth-order valence-corrected chi connectivity index (χ4v) is 2.19. The van der Waals surface area contributed by atoms with Crippen molar-refractivity contribution < 1.29 is 4.79 Å². The first-order valence-electron chi connectivity index (χ1n) is 5.11. The number of benzene rings is 1. The molecule has 0 saturated carbocycles. The van der Waals surface area contributed by atoms with Gasteiger partial charge >= 0.3 is 0 Å². The Bertz CT molecular complexity index is 676. The summed E-state index contributed by atoms with van der Waals surface area (Å²) in [5.41, 5.74) is 2.54. The second-order valence-corrected chi connectivity index (χ2v) is 4.38. The van der Waals surface area contributed by atoms with Crippen LogP contribution < -0.4 is 0 Å². The second kappa shape index (κ2) is 4.46. The number of aromatic nitrogens is 5. The lowest BCUT2D eigenvalue weighted by Crippen LogP contribution is -1.95. The Morgan fingerprint density at radius 3 is 3.00 bits per heavy atom. The van der Waals surface area contributed by atoms with Crippen molar-refractivity contribution in [1.82, 2.24) is 25.2 Å². The molecule has 18 heavy (non-hydrogen) atoms. The number of thiazole rings is 1. The SMILES string of the molecule is O=Cc1nc(-c2cccc(-n3cnnn3)c2)cs1. The van der Waals surface area contributed by atoms with Gasteiger partial charge in [-0.05, 0) is 22.6 Å². The average Bonchev–Trinajstić information content (AvgIpc) is 3.10. The van der Waals surface area contributed by atoms with Gasteiger partial charge in [-0.2, -0.15) is 0 Å². The lowest BCUT2D eigenvalue weighted by atomic mass is 10.1. The number of hydrogen-bond acceptors (Lipinski definition) is 6. The highest BCUT2D eigenvalue weighted by molar-refractivity contribution is 7.11. The first-order chi connectivity index (χ1) is 8.86. The summed E-state index contributed by atoms with van der Waals surface area (Å²) in [7, 11) is 0. The topological polar surface area (TPSA) is 73.6 Å². The van der Waals surface area contributed by atoms with Gasteiger partial charge in [0, 0.05) is 10.9 Å². The molecule has 1 aromatic carbocycles. The molecule has 0 aliphatic rings. The highest BCUT2D eigenvalue weighted by Gasteiger charge is 2.05. The molecule has 0 bridgehead atoms. The number of carbonyl (C=O) groups is 1. The van der Waals surface area contributed by atoms with Crippen molar-refractivity contribution in [3.8, 4) is 16.9 Å². The molecule has 3 aromatic rings. The maximum atomic E-state index is 10.6. The third-order valence-corrected chi connectivity index (χ3v) is 3.15. The predicted octanol–water partition coefficient (Wildman–Crippen LogP) is 1.60. The predicted molar refractivity (Wildman–Crippen MR) is 65.6 cm³/mol.